The van der Waals surface area contributed by atoms with Crippen LogP contribution >= 0.6 is 0 Å². The number of para-hydroxylation sites is 2. The first-order valence-corrected chi connectivity index (χ1v) is 8.81. The van der Waals surface area contributed by atoms with Crippen LogP contribution in [0.4, 0.5) is 0 Å². The van der Waals surface area contributed by atoms with E-state index >= 15 is 0 Å². The SMILES string of the molecule is COc1ccccc1OCC(=O)O[Si](C)(C)C. The smallest absolute Gasteiger partial charge is 0.330 e. The fourth-order valence-corrected chi connectivity index (χ4v) is 1.99. The molecule has 0 aromatic heterocycles. The lowest BCUT2D eigenvalue weighted by molar-refractivity contribution is -0.137. The molecule has 17 heavy (non-hydrogen) atoms. The Morgan fingerprint density at radius 2 is 1.76 bits per heavy atom. The summed E-state index contributed by atoms with van der Waals surface area (Å²) in [4.78, 5) is 11.5. The molecule has 0 amide bonds. The van der Waals surface area contributed by atoms with Gasteiger partial charge in [0.25, 0.3) is 0 Å². The molecule has 0 unspecified atom stereocenters. The predicted molar refractivity (Wildman–Crippen MR) is 67.9 cm³/mol. The summed E-state index contributed by atoms with van der Waals surface area (Å²) < 4.78 is 15.7. The zero-order chi connectivity index (χ0) is 12.9. The molecule has 0 heterocycles. The molecule has 0 N–H and O–H groups in total. The van der Waals surface area contributed by atoms with Crippen LogP contribution < -0.4 is 9.47 Å². The van der Waals surface area contributed by atoms with Crippen molar-refractivity contribution in [2.75, 3.05) is 13.7 Å². The van der Waals surface area contributed by atoms with Crippen molar-refractivity contribution < 1.29 is 18.7 Å². The lowest BCUT2D eigenvalue weighted by atomic mass is 10.3. The second-order valence-electron chi connectivity index (χ2n) is 4.53. The maximum Gasteiger partial charge on any atom is 0.330 e. The van der Waals surface area contributed by atoms with Crippen molar-refractivity contribution in [3.05, 3.63) is 24.3 Å². The molecule has 94 valence electrons. The van der Waals surface area contributed by atoms with E-state index in [1.54, 1.807) is 19.2 Å². The number of benzene rings is 1. The summed E-state index contributed by atoms with van der Waals surface area (Å²) in [5.41, 5.74) is 0. The number of ether oxygens (including phenoxy) is 2. The fraction of sp³-hybridized carbons (Fsp3) is 0.417. The summed E-state index contributed by atoms with van der Waals surface area (Å²) in [5.74, 6) is 0.811. The van der Waals surface area contributed by atoms with Crippen molar-refractivity contribution in [2.45, 2.75) is 19.6 Å². The van der Waals surface area contributed by atoms with Gasteiger partial charge in [-0.2, -0.15) is 0 Å². The zero-order valence-electron chi connectivity index (χ0n) is 10.6. The molecular weight excluding hydrogens is 236 g/mol. The van der Waals surface area contributed by atoms with Gasteiger partial charge < -0.3 is 13.9 Å². The van der Waals surface area contributed by atoms with Crippen molar-refractivity contribution in [1.29, 1.82) is 0 Å². The van der Waals surface area contributed by atoms with Crippen LogP contribution in [0.25, 0.3) is 0 Å². The number of hydrogen-bond donors (Lipinski definition) is 0. The van der Waals surface area contributed by atoms with Crippen LogP contribution in [0, 0.1) is 0 Å². The van der Waals surface area contributed by atoms with Gasteiger partial charge in [0.2, 0.25) is 8.32 Å². The van der Waals surface area contributed by atoms with Gasteiger partial charge in [0, 0.05) is 0 Å². The molecule has 0 aliphatic rings. The monoisotopic (exact) mass is 254 g/mol. The Kier molecular flexibility index (Phi) is 4.57. The van der Waals surface area contributed by atoms with Crippen LogP contribution in [0.1, 0.15) is 0 Å². The molecule has 0 aliphatic heterocycles. The van der Waals surface area contributed by atoms with Gasteiger partial charge in [-0.3, -0.25) is 0 Å². The summed E-state index contributed by atoms with van der Waals surface area (Å²) in [6.45, 7) is 5.76. The second kappa shape index (κ2) is 5.72. The second-order valence-corrected chi connectivity index (χ2v) is 8.95. The van der Waals surface area contributed by atoms with Gasteiger partial charge in [0.05, 0.1) is 7.11 Å². The predicted octanol–water partition coefficient (Wildman–Crippen LogP) is 2.45. The highest BCUT2D eigenvalue weighted by atomic mass is 28.4. The highest BCUT2D eigenvalue weighted by Crippen LogP contribution is 2.25. The summed E-state index contributed by atoms with van der Waals surface area (Å²) in [7, 11) is -0.283. The van der Waals surface area contributed by atoms with E-state index in [2.05, 4.69) is 0 Å². The molecule has 0 saturated carbocycles. The summed E-state index contributed by atoms with van der Waals surface area (Å²) in [6.07, 6.45) is 0. The minimum absolute atomic E-state index is 0.0926. The summed E-state index contributed by atoms with van der Waals surface area (Å²) in [5, 5.41) is 0. The van der Waals surface area contributed by atoms with Gasteiger partial charge >= 0.3 is 5.97 Å². The first-order chi connectivity index (χ1) is 7.92. The number of rotatable bonds is 5. The Balaban J connectivity index is 2.53. The van der Waals surface area contributed by atoms with E-state index in [-0.39, 0.29) is 12.6 Å². The molecule has 1 aromatic rings. The third kappa shape index (κ3) is 4.91. The van der Waals surface area contributed by atoms with Crippen LogP contribution in [-0.2, 0) is 9.22 Å². The molecule has 0 aliphatic carbocycles. The number of methoxy groups -OCH3 is 1. The Hall–Kier alpha value is -1.49. The van der Waals surface area contributed by atoms with E-state index in [0.29, 0.717) is 11.5 Å². The Labute approximate surface area is 103 Å². The number of carbonyl (C=O) groups excluding carboxylic acids is 1. The van der Waals surface area contributed by atoms with Crippen LogP contribution in [0.2, 0.25) is 19.6 Å². The van der Waals surface area contributed by atoms with Gasteiger partial charge in [-0.15, -0.1) is 0 Å². The lowest BCUT2D eigenvalue weighted by Crippen LogP contribution is -2.31. The van der Waals surface area contributed by atoms with Crippen molar-refractivity contribution in [1.82, 2.24) is 0 Å². The van der Waals surface area contributed by atoms with E-state index in [4.69, 9.17) is 13.9 Å². The summed E-state index contributed by atoms with van der Waals surface area (Å²) in [6, 6.07) is 7.19. The van der Waals surface area contributed by atoms with E-state index < -0.39 is 8.32 Å². The van der Waals surface area contributed by atoms with Gasteiger partial charge in [-0.1, -0.05) is 12.1 Å². The molecule has 0 atom stereocenters. The molecule has 0 fully saturated rings. The third-order valence-corrected chi connectivity index (χ3v) is 2.67. The van der Waals surface area contributed by atoms with Crippen molar-refractivity contribution in [3.63, 3.8) is 0 Å². The Morgan fingerprint density at radius 3 is 2.29 bits per heavy atom. The Bertz CT molecular complexity index is 384. The molecule has 1 rings (SSSR count). The van der Waals surface area contributed by atoms with Crippen LogP contribution in [-0.4, -0.2) is 28.0 Å². The van der Waals surface area contributed by atoms with Crippen molar-refractivity contribution in [3.8, 4) is 11.5 Å². The normalized spacial score (nSPS) is 10.8. The highest BCUT2D eigenvalue weighted by Gasteiger charge is 2.20. The van der Waals surface area contributed by atoms with Crippen LogP contribution in [0.5, 0.6) is 11.5 Å². The first-order valence-electron chi connectivity index (χ1n) is 5.40. The molecule has 0 spiro atoms. The average Bonchev–Trinajstić information content (AvgIpc) is 2.24. The maximum atomic E-state index is 11.5. The van der Waals surface area contributed by atoms with Crippen LogP contribution in [0.15, 0.2) is 24.3 Å². The molecule has 4 nitrogen and oxygen atoms in total. The molecule has 1 aromatic carbocycles. The summed E-state index contributed by atoms with van der Waals surface area (Å²) >= 11 is 0. The van der Waals surface area contributed by atoms with Crippen molar-refractivity contribution >= 4 is 14.3 Å². The van der Waals surface area contributed by atoms with Crippen molar-refractivity contribution in [2.24, 2.45) is 0 Å². The van der Waals surface area contributed by atoms with Gasteiger partial charge in [0.15, 0.2) is 18.1 Å². The largest absolute Gasteiger partial charge is 0.517 e. The molecule has 0 radical (unpaired) electrons. The number of carbonyl (C=O) groups is 1. The first kappa shape index (κ1) is 13.6. The molecule has 0 saturated heterocycles. The lowest BCUT2D eigenvalue weighted by Gasteiger charge is -2.17. The van der Waals surface area contributed by atoms with E-state index in [0.717, 1.165) is 0 Å². The molecule has 0 bridgehead atoms. The standard InChI is InChI=1S/C12H18O4Si/c1-14-10-7-5-6-8-11(10)15-9-12(13)16-17(2,3)4/h5-8H,9H2,1-4H3. The van der Waals surface area contributed by atoms with Gasteiger partial charge in [-0.05, 0) is 31.8 Å². The molecular formula is C12H18O4Si. The van der Waals surface area contributed by atoms with E-state index in [1.807, 2.05) is 31.8 Å². The Morgan fingerprint density at radius 1 is 1.18 bits per heavy atom. The van der Waals surface area contributed by atoms with Crippen LogP contribution in [0.3, 0.4) is 0 Å². The number of hydrogen-bond acceptors (Lipinski definition) is 4. The maximum absolute atomic E-state index is 11.5. The highest BCUT2D eigenvalue weighted by molar-refractivity contribution is 6.71. The quantitative estimate of drug-likeness (QED) is 0.757. The van der Waals surface area contributed by atoms with Gasteiger partial charge in [-0.25, -0.2) is 4.79 Å². The van der Waals surface area contributed by atoms with Gasteiger partial charge in [0.1, 0.15) is 0 Å². The minimum atomic E-state index is -1.84. The van der Waals surface area contributed by atoms with E-state index in [9.17, 15) is 4.79 Å². The topological polar surface area (TPSA) is 44.8 Å². The molecule has 5 heteroatoms. The zero-order valence-corrected chi connectivity index (χ0v) is 11.6. The minimum Gasteiger partial charge on any atom is -0.517 e. The third-order valence-electron chi connectivity index (χ3n) is 1.83. The fourth-order valence-electron chi connectivity index (χ4n) is 1.25. The van der Waals surface area contributed by atoms with E-state index in [1.165, 1.54) is 0 Å². The average molecular weight is 254 g/mol.